The first-order chi connectivity index (χ1) is 16.1. The zero-order chi connectivity index (χ0) is 25.3. The first-order valence-corrected chi connectivity index (χ1v) is 12.5. The van der Waals surface area contributed by atoms with Gasteiger partial charge in [0.1, 0.15) is 18.3 Å². The number of hydrogen-bond acceptors (Lipinski definition) is 5. The third-order valence-electron chi connectivity index (χ3n) is 5.27. The average Bonchev–Trinajstić information content (AvgIpc) is 2.84. The Kier molecular flexibility index (Phi) is 9.88. The molecule has 2 aromatic rings. The second-order valence-corrected chi connectivity index (χ2v) is 10.0. The van der Waals surface area contributed by atoms with Gasteiger partial charge in [0.2, 0.25) is 11.8 Å². The van der Waals surface area contributed by atoms with Gasteiger partial charge in [0.25, 0.3) is 0 Å². The van der Waals surface area contributed by atoms with E-state index in [4.69, 9.17) is 4.74 Å². The Morgan fingerprint density at radius 2 is 1.74 bits per heavy atom. The van der Waals surface area contributed by atoms with Crippen LogP contribution in [0.3, 0.4) is 0 Å². The predicted octanol–water partition coefficient (Wildman–Crippen LogP) is 2.25. The highest BCUT2D eigenvalue weighted by atomic mass is 32.2. The quantitative estimate of drug-likeness (QED) is 0.492. The minimum absolute atomic E-state index is 0.112. The number of benzene rings is 2. The summed E-state index contributed by atoms with van der Waals surface area (Å²) in [7, 11) is 0.397. The third kappa shape index (κ3) is 6.94. The van der Waals surface area contributed by atoms with Crippen molar-refractivity contribution in [2.24, 2.45) is 0 Å². The largest absolute Gasteiger partial charge is 0.497 e. The summed E-state index contributed by atoms with van der Waals surface area (Å²) in [5.74, 6) is -0.190. The maximum absolute atomic E-state index is 13.6. The first-order valence-electron chi connectivity index (χ1n) is 11.1. The van der Waals surface area contributed by atoms with E-state index in [1.807, 2.05) is 13.0 Å². The van der Waals surface area contributed by atoms with Crippen molar-refractivity contribution in [3.05, 3.63) is 60.2 Å². The number of para-hydroxylation sites is 1. The lowest BCUT2D eigenvalue weighted by Gasteiger charge is -2.32. The number of methoxy groups -OCH3 is 1. The molecule has 0 saturated carbocycles. The van der Waals surface area contributed by atoms with Crippen molar-refractivity contribution in [1.29, 1.82) is 0 Å². The molecule has 0 aliphatic carbocycles. The molecule has 0 aliphatic heterocycles. The van der Waals surface area contributed by atoms with Crippen LogP contribution in [-0.4, -0.2) is 69.8 Å². The fourth-order valence-electron chi connectivity index (χ4n) is 3.26. The Labute approximate surface area is 202 Å². The standard InChI is InChI=1S/C24H34N4O5S/c1-6-15-25-24(30)19(2)27(17-20-11-10-14-22(16-20)33-5)23(29)18-28(34(31,32)26(3)4)21-12-8-7-9-13-21/h7-14,16,19H,6,15,17-18H2,1-5H3,(H,25,30)/t19-/m0/s1. The minimum atomic E-state index is -3.97. The molecule has 0 heterocycles. The Morgan fingerprint density at radius 3 is 2.32 bits per heavy atom. The molecule has 2 rings (SSSR count). The van der Waals surface area contributed by atoms with Crippen molar-refractivity contribution in [2.75, 3.05) is 38.6 Å². The predicted molar refractivity (Wildman–Crippen MR) is 133 cm³/mol. The second kappa shape index (κ2) is 12.4. The number of rotatable bonds is 12. The molecule has 2 aromatic carbocycles. The van der Waals surface area contributed by atoms with E-state index in [0.29, 0.717) is 18.0 Å². The summed E-state index contributed by atoms with van der Waals surface area (Å²) in [6.07, 6.45) is 0.755. The molecule has 0 aromatic heterocycles. The van der Waals surface area contributed by atoms with Crippen LogP contribution in [0.5, 0.6) is 5.75 Å². The van der Waals surface area contributed by atoms with Crippen molar-refractivity contribution in [2.45, 2.75) is 32.9 Å². The Bertz CT molecular complexity index is 1060. The van der Waals surface area contributed by atoms with Crippen molar-refractivity contribution in [1.82, 2.24) is 14.5 Å². The average molecular weight is 491 g/mol. The van der Waals surface area contributed by atoms with E-state index in [1.165, 1.54) is 19.0 Å². The van der Waals surface area contributed by atoms with Crippen LogP contribution in [-0.2, 0) is 26.3 Å². The first kappa shape index (κ1) is 27.1. The van der Waals surface area contributed by atoms with Crippen molar-refractivity contribution in [3.63, 3.8) is 0 Å². The summed E-state index contributed by atoms with van der Waals surface area (Å²) in [5, 5.41) is 2.81. The Hall–Kier alpha value is -3.11. The van der Waals surface area contributed by atoms with E-state index in [2.05, 4.69) is 5.32 Å². The molecule has 1 atom stereocenters. The number of hydrogen-bond donors (Lipinski definition) is 1. The van der Waals surface area contributed by atoms with Gasteiger partial charge in [-0.3, -0.25) is 9.59 Å². The monoisotopic (exact) mass is 490 g/mol. The zero-order valence-electron chi connectivity index (χ0n) is 20.4. The Morgan fingerprint density at radius 1 is 1.06 bits per heavy atom. The molecule has 2 amide bonds. The van der Waals surface area contributed by atoms with E-state index in [0.717, 1.165) is 20.6 Å². The van der Waals surface area contributed by atoms with E-state index in [-0.39, 0.29) is 12.5 Å². The smallest absolute Gasteiger partial charge is 0.304 e. The number of anilines is 1. The number of carbonyl (C=O) groups excluding carboxylic acids is 2. The Balaban J connectivity index is 2.42. The van der Waals surface area contributed by atoms with Crippen molar-refractivity contribution < 1.29 is 22.7 Å². The maximum atomic E-state index is 13.6. The highest BCUT2D eigenvalue weighted by Gasteiger charge is 2.32. The molecule has 0 bridgehead atoms. The van der Waals surface area contributed by atoms with Crippen LogP contribution in [0.4, 0.5) is 5.69 Å². The number of amides is 2. The van der Waals surface area contributed by atoms with E-state index in [9.17, 15) is 18.0 Å². The van der Waals surface area contributed by atoms with Gasteiger partial charge in [0.15, 0.2) is 0 Å². The molecule has 0 fully saturated rings. The van der Waals surface area contributed by atoms with Gasteiger partial charge in [-0.25, -0.2) is 4.31 Å². The van der Waals surface area contributed by atoms with E-state index in [1.54, 1.807) is 62.6 Å². The third-order valence-corrected chi connectivity index (χ3v) is 7.09. The summed E-state index contributed by atoms with van der Waals surface area (Å²) >= 11 is 0. The van der Waals surface area contributed by atoms with Crippen molar-refractivity contribution in [3.8, 4) is 5.75 Å². The molecule has 0 saturated heterocycles. The summed E-state index contributed by atoms with van der Waals surface area (Å²) < 4.78 is 33.5. The summed E-state index contributed by atoms with van der Waals surface area (Å²) in [6, 6.07) is 14.8. The number of nitrogens with zero attached hydrogens (tertiary/aromatic N) is 3. The summed E-state index contributed by atoms with van der Waals surface area (Å²) in [5.41, 5.74) is 1.11. The van der Waals surface area contributed by atoms with Gasteiger partial charge in [-0.1, -0.05) is 37.3 Å². The molecule has 186 valence electrons. The SMILES string of the molecule is CCCNC(=O)[C@H](C)N(Cc1cccc(OC)c1)C(=O)CN(c1ccccc1)S(=O)(=O)N(C)C. The lowest BCUT2D eigenvalue weighted by atomic mass is 10.1. The van der Waals surface area contributed by atoms with Gasteiger partial charge in [0, 0.05) is 27.2 Å². The van der Waals surface area contributed by atoms with Gasteiger partial charge in [-0.05, 0) is 43.2 Å². The van der Waals surface area contributed by atoms with Crippen LogP contribution in [0.1, 0.15) is 25.8 Å². The van der Waals surface area contributed by atoms with Crippen LogP contribution in [0.15, 0.2) is 54.6 Å². The van der Waals surface area contributed by atoms with Crippen LogP contribution in [0.2, 0.25) is 0 Å². The molecule has 1 N–H and O–H groups in total. The van der Waals surface area contributed by atoms with Gasteiger partial charge < -0.3 is 15.0 Å². The van der Waals surface area contributed by atoms with Gasteiger partial charge >= 0.3 is 10.2 Å². The molecule has 0 aliphatic rings. The summed E-state index contributed by atoms with van der Waals surface area (Å²) in [6.45, 7) is 3.71. The maximum Gasteiger partial charge on any atom is 0.304 e. The van der Waals surface area contributed by atoms with Gasteiger partial charge in [0.05, 0.1) is 12.8 Å². The molecule has 0 radical (unpaired) electrons. The molecular formula is C24H34N4O5S. The highest BCUT2D eigenvalue weighted by molar-refractivity contribution is 7.90. The zero-order valence-corrected chi connectivity index (χ0v) is 21.2. The molecule has 0 unspecified atom stereocenters. The molecule has 34 heavy (non-hydrogen) atoms. The fraction of sp³-hybridized carbons (Fsp3) is 0.417. The second-order valence-electron chi connectivity index (χ2n) is 7.97. The topological polar surface area (TPSA) is 99.3 Å². The molecule has 10 heteroatoms. The molecule has 9 nitrogen and oxygen atoms in total. The molecular weight excluding hydrogens is 456 g/mol. The van der Waals surface area contributed by atoms with E-state index >= 15 is 0 Å². The lowest BCUT2D eigenvalue weighted by molar-refractivity contribution is -0.139. The number of nitrogens with one attached hydrogen (secondary N) is 1. The lowest BCUT2D eigenvalue weighted by Crippen LogP contribution is -2.52. The normalized spacial score (nSPS) is 12.2. The van der Waals surface area contributed by atoms with Gasteiger partial charge in [-0.15, -0.1) is 0 Å². The van der Waals surface area contributed by atoms with Crippen LogP contribution in [0.25, 0.3) is 0 Å². The summed E-state index contributed by atoms with van der Waals surface area (Å²) in [4.78, 5) is 27.7. The van der Waals surface area contributed by atoms with Crippen molar-refractivity contribution >= 4 is 27.7 Å². The fourth-order valence-corrected chi connectivity index (χ4v) is 4.31. The minimum Gasteiger partial charge on any atom is -0.497 e. The number of ether oxygens (including phenoxy) is 1. The van der Waals surface area contributed by atoms with Crippen LogP contribution >= 0.6 is 0 Å². The van der Waals surface area contributed by atoms with Gasteiger partial charge in [-0.2, -0.15) is 12.7 Å². The van der Waals surface area contributed by atoms with Crippen LogP contribution < -0.4 is 14.4 Å². The van der Waals surface area contributed by atoms with Crippen LogP contribution in [0, 0.1) is 0 Å². The highest BCUT2D eigenvalue weighted by Crippen LogP contribution is 2.21. The van der Waals surface area contributed by atoms with E-state index < -0.39 is 28.7 Å². The molecule has 0 spiro atoms. The number of carbonyl (C=O) groups is 2.